The van der Waals surface area contributed by atoms with Crippen LogP contribution in [0.15, 0.2) is 30.1 Å². The summed E-state index contributed by atoms with van der Waals surface area (Å²) in [7, 11) is 0. The maximum Gasteiger partial charge on any atom is 0.412 e. The van der Waals surface area contributed by atoms with Crippen molar-refractivity contribution in [3.8, 4) is 0 Å². The second-order valence-electron chi connectivity index (χ2n) is 7.56. The molecule has 5 nitrogen and oxygen atoms in total. The summed E-state index contributed by atoms with van der Waals surface area (Å²) in [4.78, 5) is 16.5. The number of imidazole rings is 1. The van der Waals surface area contributed by atoms with Crippen LogP contribution in [0.1, 0.15) is 30.3 Å². The summed E-state index contributed by atoms with van der Waals surface area (Å²) in [5, 5.41) is 4.57. The summed E-state index contributed by atoms with van der Waals surface area (Å²) in [5.41, 5.74) is 0.0172. The predicted octanol–water partition coefficient (Wildman–Crippen LogP) is 3.74. The largest absolute Gasteiger partial charge is 0.412 e. The first-order chi connectivity index (χ1) is 14.1. The van der Waals surface area contributed by atoms with E-state index in [1.165, 1.54) is 6.92 Å². The summed E-state index contributed by atoms with van der Waals surface area (Å²) in [6, 6.07) is -1.96. The molecular weight excluding hydrogens is 407 g/mol. The Balaban J connectivity index is 1.52. The normalized spacial score (nSPS) is 19.3. The first-order valence-electron chi connectivity index (χ1n) is 9.45. The number of benzene rings is 1. The molecule has 1 aliphatic heterocycles. The number of aromatic nitrogens is 2. The molecule has 2 N–H and O–H groups in total. The van der Waals surface area contributed by atoms with Gasteiger partial charge in [0.2, 0.25) is 0 Å². The molecule has 2 atom stereocenters. The number of halogens is 5. The molecule has 0 bridgehead atoms. The topological polar surface area (TPSA) is 59.0 Å². The maximum atomic E-state index is 14.1. The van der Waals surface area contributed by atoms with Crippen molar-refractivity contribution < 1.29 is 26.7 Å². The number of amides is 2. The molecule has 0 fully saturated rings. The van der Waals surface area contributed by atoms with Crippen LogP contribution in [-0.4, -0.2) is 33.8 Å². The fourth-order valence-corrected chi connectivity index (χ4v) is 4.14. The number of carbonyl (C=O) groups is 1. The van der Waals surface area contributed by atoms with Gasteiger partial charge in [0.15, 0.2) is 0 Å². The molecule has 0 saturated heterocycles. The molecule has 2 amide bonds. The zero-order valence-corrected chi connectivity index (χ0v) is 16.0. The first-order valence-corrected chi connectivity index (χ1v) is 9.45. The van der Waals surface area contributed by atoms with Gasteiger partial charge in [0.05, 0.1) is 0 Å². The molecule has 0 spiro atoms. The summed E-state index contributed by atoms with van der Waals surface area (Å²) in [5.74, 6) is -0.902. The lowest BCUT2D eigenvalue weighted by atomic mass is 10.0. The van der Waals surface area contributed by atoms with Gasteiger partial charge in [-0.3, -0.25) is 0 Å². The Kier molecular flexibility index (Phi) is 5.03. The monoisotopic (exact) mass is 426 g/mol. The number of carbonyl (C=O) groups excluding carboxylic acids is 1. The molecule has 30 heavy (non-hydrogen) atoms. The molecule has 2 aliphatic rings. The number of nitrogens with zero attached hydrogens (tertiary/aromatic N) is 2. The van der Waals surface area contributed by atoms with Crippen molar-refractivity contribution in [1.29, 1.82) is 0 Å². The van der Waals surface area contributed by atoms with Crippen molar-refractivity contribution in [3.05, 3.63) is 58.7 Å². The van der Waals surface area contributed by atoms with Crippen LogP contribution in [0.4, 0.5) is 26.7 Å². The molecule has 1 aromatic carbocycles. The fourth-order valence-electron chi connectivity index (χ4n) is 4.14. The average Bonchev–Trinajstić information content (AvgIpc) is 3.24. The molecule has 1 aliphatic carbocycles. The van der Waals surface area contributed by atoms with Crippen LogP contribution in [0, 0.1) is 11.6 Å². The van der Waals surface area contributed by atoms with Crippen molar-refractivity contribution in [1.82, 2.24) is 20.2 Å². The van der Waals surface area contributed by atoms with E-state index < -0.39 is 29.9 Å². The van der Waals surface area contributed by atoms with Crippen molar-refractivity contribution in [2.24, 2.45) is 0 Å². The number of fused-ring (bicyclic) bond motifs is 2. The number of allylic oxidation sites excluding steroid dienone is 1. The van der Waals surface area contributed by atoms with Crippen molar-refractivity contribution in [2.75, 3.05) is 0 Å². The number of aryl methyl sites for hydroxylation is 1. The van der Waals surface area contributed by atoms with E-state index in [1.807, 2.05) is 9.88 Å². The average molecular weight is 426 g/mol. The molecule has 2 unspecified atom stereocenters. The molecule has 0 radical (unpaired) electrons. The van der Waals surface area contributed by atoms with Crippen LogP contribution in [-0.2, 0) is 19.4 Å². The second kappa shape index (κ2) is 7.41. The van der Waals surface area contributed by atoms with E-state index in [0.717, 1.165) is 11.9 Å². The van der Waals surface area contributed by atoms with Gasteiger partial charge < -0.3 is 15.2 Å². The van der Waals surface area contributed by atoms with Gasteiger partial charge in [-0.1, -0.05) is 0 Å². The molecule has 2 heterocycles. The maximum absolute atomic E-state index is 14.1. The highest BCUT2D eigenvalue weighted by Crippen LogP contribution is 2.40. The molecule has 160 valence electrons. The van der Waals surface area contributed by atoms with E-state index in [1.54, 1.807) is 12.4 Å². The SMILES string of the molecule is CC1=C(C(NC(=O)NC2CCc3nccn3C2)C(F)(F)F)Cc2c(F)cc(F)cc21. The van der Waals surface area contributed by atoms with Crippen molar-refractivity contribution >= 4 is 11.6 Å². The highest BCUT2D eigenvalue weighted by Gasteiger charge is 2.45. The predicted molar refractivity (Wildman–Crippen MR) is 98.5 cm³/mol. The van der Waals surface area contributed by atoms with Crippen molar-refractivity contribution in [3.63, 3.8) is 0 Å². The Morgan fingerprint density at radius 3 is 2.80 bits per heavy atom. The Morgan fingerprint density at radius 1 is 1.30 bits per heavy atom. The number of hydrogen-bond donors (Lipinski definition) is 2. The minimum Gasteiger partial charge on any atom is -0.334 e. The number of alkyl halides is 3. The molecule has 4 rings (SSSR count). The van der Waals surface area contributed by atoms with Crippen LogP contribution in [0.5, 0.6) is 0 Å². The number of nitrogens with one attached hydrogen (secondary N) is 2. The van der Waals surface area contributed by atoms with Crippen molar-refractivity contribution in [2.45, 2.75) is 51.0 Å². The van der Waals surface area contributed by atoms with Gasteiger partial charge in [-0.2, -0.15) is 13.2 Å². The van der Waals surface area contributed by atoms with Gasteiger partial charge in [-0.15, -0.1) is 0 Å². The van der Waals surface area contributed by atoms with Gasteiger partial charge >= 0.3 is 12.2 Å². The zero-order valence-electron chi connectivity index (χ0n) is 16.0. The van der Waals surface area contributed by atoms with E-state index >= 15 is 0 Å². The van der Waals surface area contributed by atoms with E-state index in [4.69, 9.17) is 0 Å². The zero-order chi connectivity index (χ0) is 21.6. The summed E-state index contributed by atoms with van der Waals surface area (Å²) in [6.07, 6.45) is -0.609. The number of rotatable bonds is 3. The Labute approximate surface area is 169 Å². The van der Waals surface area contributed by atoms with E-state index in [2.05, 4.69) is 10.3 Å². The quantitative estimate of drug-likeness (QED) is 0.735. The number of urea groups is 1. The van der Waals surface area contributed by atoms with E-state index in [9.17, 15) is 26.7 Å². The third-order valence-corrected chi connectivity index (χ3v) is 5.63. The van der Waals surface area contributed by atoms with Gasteiger partial charge in [0.25, 0.3) is 0 Å². The Morgan fingerprint density at radius 2 is 2.07 bits per heavy atom. The number of hydrogen-bond acceptors (Lipinski definition) is 2. The van der Waals surface area contributed by atoms with Gasteiger partial charge in [-0.05, 0) is 48.1 Å². The molecule has 1 aromatic heterocycles. The fraction of sp³-hybridized carbons (Fsp3) is 0.400. The minimum atomic E-state index is -4.80. The van der Waals surface area contributed by atoms with Crippen LogP contribution >= 0.6 is 0 Å². The standard InChI is InChI=1S/C20H19F5N4O/c1-10-13-6-11(21)7-16(22)15(13)8-14(10)18(20(23,24)25)28-19(30)27-12-2-3-17-26-4-5-29(17)9-12/h4-7,12,18H,2-3,8-9H2,1H3,(H2,27,28,30). The van der Waals surface area contributed by atoms with Crippen LogP contribution in [0.3, 0.4) is 0 Å². The summed E-state index contributed by atoms with van der Waals surface area (Å²) < 4.78 is 70.8. The van der Waals surface area contributed by atoms with Crippen LogP contribution < -0.4 is 10.6 Å². The molecule has 0 saturated carbocycles. The highest BCUT2D eigenvalue weighted by molar-refractivity contribution is 5.79. The molecular formula is C20H19F5N4O. The summed E-state index contributed by atoms with van der Waals surface area (Å²) >= 11 is 0. The first kappa shape index (κ1) is 20.4. The van der Waals surface area contributed by atoms with Gasteiger partial charge in [0.1, 0.15) is 23.5 Å². The second-order valence-corrected chi connectivity index (χ2v) is 7.56. The van der Waals surface area contributed by atoms with Gasteiger partial charge in [-0.25, -0.2) is 18.6 Å². The highest BCUT2D eigenvalue weighted by atomic mass is 19.4. The van der Waals surface area contributed by atoms with Crippen LogP contribution in [0.25, 0.3) is 5.57 Å². The Hall–Kier alpha value is -2.91. The molecule has 2 aromatic rings. The lowest BCUT2D eigenvalue weighted by molar-refractivity contribution is -0.144. The lowest BCUT2D eigenvalue weighted by Gasteiger charge is -2.28. The third-order valence-electron chi connectivity index (χ3n) is 5.63. The van der Waals surface area contributed by atoms with E-state index in [-0.39, 0.29) is 34.7 Å². The van der Waals surface area contributed by atoms with Crippen LogP contribution in [0.2, 0.25) is 0 Å². The van der Waals surface area contributed by atoms with Gasteiger partial charge in [0, 0.05) is 37.5 Å². The summed E-state index contributed by atoms with van der Waals surface area (Å²) in [6.45, 7) is 1.79. The van der Waals surface area contributed by atoms with E-state index in [0.29, 0.717) is 25.5 Å². The minimum absolute atomic E-state index is 0.000255. The third kappa shape index (κ3) is 3.78. The lowest BCUT2D eigenvalue weighted by Crippen LogP contribution is -2.53. The molecule has 10 heteroatoms. The Bertz CT molecular complexity index is 1030. The smallest absolute Gasteiger partial charge is 0.334 e.